The van der Waals surface area contributed by atoms with Crippen LogP contribution in [0.15, 0.2) is 12.2 Å². The molecule has 0 aliphatic rings. The molecule has 0 saturated carbocycles. The van der Waals surface area contributed by atoms with Crippen LogP contribution in [0.1, 0.15) is 6.92 Å². The Morgan fingerprint density at radius 1 is 1.78 bits per heavy atom. The second-order valence-electron chi connectivity index (χ2n) is 1.37. The van der Waals surface area contributed by atoms with Crippen molar-refractivity contribution < 1.29 is 14.0 Å². The normalized spacial score (nSPS) is 10.3. The summed E-state index contributed by atoms with van der Waals surface area (Å²) in [7, 11) is 0.597. The molecule has 0 aromatic rings. The van der Waals surface area contributed by atoms with Crippen LogP contribution in [0.3, 0.4) is 0 Å². The van der Waals surface area contributed by atoms with E-state index in [1.807, 2.05) is 0 Å². The largest absolute Gasteiger partial charge is 0.436 e. The van der Waals surface area contributed by atoms with E-state index in [1.54, 1.807) is 13.0 Å². The molecule has 0 aromatic carbocycles. The molecular weight excluding hydrogens is 136 g/mol. The summed E-state index contributed by atoms with van der Waals surface area (Å²) in [4.78, 5) is 10.4. The molecule has 0 amide bonds. The molecule has 0 aromatic heterocycles. The van der Waals surface area contributed by atoms with Gasteiger partial charge in [0.1, 0.15) is 10.5 Å². The highest BCUT2D eigenvalue weighted by Gasteiger charge is 1.90. The number of rotatable bonds is 3. The Kier molecular flexibility index (Phi) is 5.15. The van der Waals surface area contributed by atoms with Crippen molar-refractivity contribution in [2.24, 2.45) is 0 Å². The van der Waals surface area contributed by atoms with Crippen LogP contribution in [-0.4, -0.2) is 23.2 Å². The van der Waals surface area contributed by atoms with E-state index in [-0.39, 0.29) is 12.8 Å². The number of esters is 1. The van der Waals surface area contributed by atoms with E-state index in [1.165, 1.54) is 6.08 Å². The maximum atomic E-state index is 10.4. The van der Waals surface area contributed by atoms with Gasteiger partial charge in [-0.1, -0.05) is 6.08 Å². The molecule has 0 fully saturated rings. The monoisotopic (exact) mass is 146 g/mol. The highest BCUT2D eigenvalue weighted by molar-refractivity contribution is 5.97. The molecule has 0 N–H and O–H groups in total. The van der Waals surface area contributed by atoms with Gasteiger partial charge in [-0.25, -0.2) is 4.79 Å². The fourth-order valence-electron chi connectivity index (χ4n) is 0.301. The predicted molar refractivity (Wildman–Crippen MR) is 36.8 cm³/mol. The van der Waals surface area contributed by atoms with Crippen molar-refractivity contribution in [3.63, 3.8) is 0 Å². The molecule has 0 radical (unpaired) electrons. The van der Waals surface area contributed by atoms with Crippen LogP contribution in [0.5, 0.6) is 0 Å². The van der Waals surface area contributed by atoms with Gasteiger partial charge in [-0.2, -0.15) is 0 Å². The highest BCUT2D eigenvalue weighted by Crippen LogP contribution is 1.79. The first kappa shape index (κ1) is 8.39. The average Bonchev–Trinajstić information content (AvgIpc) is 1.85. The molecule has 52 valence electrons. The van der Waals surface area contributed by atoms with Gasteiger partial charge in [-0.05, 0) is 6.92 Å². The quantitative estimate of drug-likeness (QED) is 0.230. The molecule has 0 unspecified atom stereocenters. The number of allylic oxidation sites excluding steroid dienone is 1. The minimum atomic E-state index is -0.353. The van der Waals surface area contributed by atoms with Gasteiger partial charge < -0.3 is 9.16 Å². The SMILES string of the molecule is CC=CC(=O)OCO[SiH3]. The lowest BCUT2D eigenvalue weighted by atomic mass is 10.5. The Morgan fingerprint density at radius 2 is 2.44 bits per heavy atom. The van der Waals surface area contributed by atoms with Crippen molar-refractivity contribution in [2.75, 3.05) is 6.79 Å². The van der Waals surface area contributed by atoms with Gasteiger partial charge in [-0.15, -0.1) is 0 Å². The van der Waals surface area contributed by atoms with Gasteiger partial charge in [-0.3, -0.25) is 0 Å². The number of carbonyl (C=O) groups is 1. The van der Waals surface area contributed by atoms with Gasteiger partial charge in [0.05, 0.1) is 0 Å². The first-order valence-corrected chi connectivity index (χ1v) is 3.41. The van der Waals surface area contributed by atoms with E-state index in [2.05, 4.69) is 9.16 Å². The van der Waals surface area contributed by atoms with E-state index in [0.29, 0.717) is 10.5 Å². The molecule has 0 spiro atoms. The highest BCUT2D eigenvalue weighted by atomic mass is 28.2. The third-order valence-electron chi connectivity index (χ3n) is 0.622. The van der Waals surface area contributed by atoms with Crippen LogP contribution < -0.4 is 0 Å². The minimum Gasteiger partial charge on any atom is -0.436 e. The molecule has 0 aliphatic carbocycles. The summed E-state index contributed by atoms with van der Waals surface area (Å²) in [5.74, 6) is -0.353. The van der Waals surface area contributed by atoms with E-state index in [0.717, 1.165) is 0 Å². The zero-order valence-electron chi connectivity index (χ0n) is 5.59. The molecule has 9 heavy (non-hydrogen) atoms. The second-order valence-corrected chi connectivity index (χ2v) is 1.95. The van der Waals surface area contributed by atoms with Gasteiger partial charge in [0.2, 0.25) is 0 Å². The van der Waals surface area contributed by atoms with Crippen LogP contribution in [0.4, 0.5) is 0 Å². The van der Waals surface area contributed by atoms with E-state index < -0.39 is 0 Å². The zero-order chi connectivity index (χ0) is 7.11. The Bertz CT molecular complexity index is 111. The standard InChI is InChI=1S/C5H10O3Si/c1-2-3-5(6)7-4-8-9/h2-3H,4H2,1,9H3. The topological polar surface area (TPSA) is 35.5 Å². The van der Waals surface area contributed by atoms with Crippen molar-refractivity contribution in [3.8, 4) is 0 Å². The number of hydrogen-bond acceptors (Lipinski definition) is 3. The molecule has 0 saturated heterocycles. The molecule has 0 heterocycles. The smallest absolute Gasteiger partial charge is 0.332 e. The molecule has 0 bridgehead atoms. The van der Waals surface area contributed by atoms with Gasteiger partial charge in [0.15, 0.2) is 6.79 Å². The van der Waals surface area contributed by atoms with Crippen molar-refractivity contribution in [1.29, 1.82) is 0 Å². The molecule has 4 heteroatoms. The van der Waals surface area contributed by atoms with Crippen molar-refractivity contribution in [1.82, 2.24) is 0 Å². The van der Waals surface area contributed by atoms with Gasteiger partial charge in [0, 0.05) is 6.08 Å². The fourth-order valence-corrected chi connectivity index (χ4v) is 0.419. The Morgan fingerprint density at radius 3 is 2.89 bits per heavy atom. The van der Waals surface area contributed by atoms with Crippen molar-refractivity contribution >= 4 is 16.5 Å². The summed E-state index contributed by atoms with van der Waals surface area (Å²) < 4.78 is 9.14. The van der Waals surface area contributed by atoms with Crippen molar-refractivity contribution in [3.05, 3.63) is 12.2 Å². The summed E-state index contributed by atoms with van der Waals surface area (Å²) in [6.07, 6.45) is 2.97. The number of carbonyl (C=O) groups excluding carboxylic acids is 1. The lowest BCUT2D eigenvalue weighted by molar-refractivity contribution is -0.143. The Hall–Kier alpha value is -0.613. The summed E-state index contributed by atoms with van der Waals surface area (Å²) in [6, 6.07) is 0. The van der Waals surface area contributed by atoms with Crippen LogP contribution in [-0.2, 0) is 14.0 Å². The molecular formula is C5H10O3Si. The first-order chi connectivity index (χ1) is 4.31. The molecule has 3 nitrogen and oxygen atoms in total. The molecule has 0 aliphatic heterocycles. The third-order valence-corrected chi connectivity index (χ3v) is 0.857. The maximum absolute atomic E-state index is 10.4. The van der Waals surface area contributed by atoms with E-state index >= 15 is 0 Å². The van der Waals surface area contributed by atoms with E-state index in [4.69, 9.17) is 0 Å². The van der Waals surface area contributed by atoms with Gasteiger partial charge >= 0.3 is 5.97 Å². The summed E-state index contributed by atoms with van der Waals surface area (Å²) in [5, 5.41) is 0. The van der Waals surface area contributed by atoms with Crippen LogP contribution >= 0.6 is 0 Å². The van der Waals surface area contributed by atoms with Crippen LogP contribution in [0, 0.1) is 0 Å². The van der Waals surface area contributed by atoms with Crippen molar-refractivity contribution in [2.45, 2.75) is 6.92 Å². The number of ether oxygens (including phenoxy) is 1. The Labute approximate surface area is 57.2 Å². The zero-order valence-corrected chi connectivity index (χ0v) is 7.59. The summed E-state index contributed by atoms with van der Waals surface area (Å²) in [6.45, 7) is 1.83. The third kappa shape index (κ3) is 5.25. The summed E-state index contributed by atoms with van der Waals surface area (Å²) in [5.41, 5.74) is 0. The lowest BCUT2D eigenvalue weighted by Gasteiger charge is -1.96. The van der Waals surface area contributed by atoms with Gasteiger partial charge in [0.25, 0.3) is 0 Å². The molecule has 0 rings (SSSR count). The second kappa shape index (κ2) is 5.52. The van der Waals surface area contributed by atoms with Crippen LogP contribution in [0.2, 0.25) is 0 Å². The first-order valence-electron chi connectivity index (χ1n) is 2.59. The summed E-state index contributed by atoms with van der Waals surface area (Å²) >= 11 is 0. The minimum absolute atomic E-state index is 0.0788. The lowest BCUT2D eigenvalue weighted by Crippen LogP contribution is -2.03. The Balaban J connectivity index is 3.27. The maximum Gasteiger partial charge on any atom is 0.332 e. The predicted octanol–water partition coefficient (Wildman–Crippen LogP) is -0.640. The van der Waals surface area contributed by atoms with E-state index in [9.17, 15) is 4.79 Å². The molecule has 0 atom stereocenters. The fraction of sp³-hybridized carbons (Fsp3) is 0.400. The number of hydrogen-bond donors (Lipinski definition) is 0. The average molecular weight is 146 g/mol. The van der Waals surface area contributed by atoms with Crippen LogP contribution in [0.25, 0.3) is 0 Å².